The highest BCUT2D eigenvalue weighted by atomic mass is 79.9. The molecule has 1 aromatic heterocycles. The number of aliphatic hydroxyl groups excluding tert-OH is 1. The van der Waals surface area contributed by atoms with Crippen molar-refractivity contribution in [2.75, 3.05) is 6.54 Å². The highest BCUT2D eigenvalue weighted by Crippen LogP contribution is 2.33. The molecular formula is C16H17BrN2O3. The zero-order chi connectivity index (χ0) is 15.7. The number of pyridine rings is 1. The summed E-state index contributed by atoms with van der Waals surface area (Å²) in [6, 6.07) is 8.94. The topological polar surface area (TPSA) is 73.7 Å². The Morgan fingerprint density at radius 2 is 2.14 bits per heavy atom. The molecule has 2 aromatic rings. The fraction of sp³-hybridized carbons (Fsp3) is 0.375. The predicted molar refractivity (Wildman–Crippen MR) is 86.8 cm³/mol. The molecule has 1 saturated heterocycles. The van der Waals surface area contributed by atoms with Gasteiger partial charge in [0.25, 0.3) is 0 Å². The molecule has 0 bridgehead atoms. The van der Waals surface area contributed by atoms with Crippen molar-refractivity contribution in [3.05, 3.63) is 40.5 Å². The number of likely N-dealkylation sites (tertiary alicyclic amines) is 1. The Bertz CT molecular complexity index is 707. The van der Waals surface area contributed by atoms with Crippen molar-refractivity contribution < 1.29 is 15.0 Å². The van der Waals surface area contributed by atoms with Gasteiger partial charge in [0.15, 0.2) is 0 Å². The molecule has 0 spiro atoms. The van der Waals surface area contributed by atoms with Gasteiger partial charge in [0.2, 0.25) is 0 Å². The van der Waals surface area contributed by atoms with Crippen molar-refractivity contribution in [2.45, 2.75) is 31.4 Å². The van der Waals surface area contributed by atoms with Crippen molar-refractivity contribution in [1.82, 2.24) is 9.88 Å². The Kier molecular flexibility index (Phi) is 4.31. The predicted octanol–water partition coefficient (Wildman–Crippen LogP) is 3.56. The normalized spacial score (nSPS) is 20.1. The van der Waals surface area contributed by atoms with Gasteiger partial charge in [-0.3, -0.25) is 0 Å². The molecule has 5 nitrogen and oxygen atoms in total. The standard InChI is InChI=1S/C16H17BrN2O3/c17-14-9-11(10-5-1-2-6-12(10)18-14)15(20)13-7-3-4-8-19(13)16(21)22/h1-2,5-6,9,13,15,20H,3-4,7-8H2,(H,21,22). The second kappa shape index (κ2) is 6.22. The van der Waals surface area contributed by atoms with Crippen molar-refractivity contribution in [1.29, 1.82) is 0 Å². The van der Waals surface area contributed by atoms with Crippen LogP contribution < -0.4 is 0 Å². The second-order valence-corrected chi connectivity index (χ2v) is 6.35. The van der Waals surface area contributed by atoms with Gasteiger partial charge in [-0.2, -0.15) is 0 Å². The first-order chi connectivity index (χ1) is 10.6. The molecule has 116 valence electrons. The number of rotatable bonds is 2. The molecule has 2 atom stereocenters. The smallest absolute Gasteiger partial charge is 0.407 e. The SMILES string of the molecule is O=C(O)N1CCCCC1C(O)c1cc(Br)nc2ccccc12. The van der Waals surface area contributed by atoms with Crippen LogP contribution in [0.3, 0.4) is 0 Å². The lowest BCUT2D eigenvalue weighted by Crippen LogP contribution is -2.46. The first kappa shape index (κ1) is 15.2. The minimum Gasteiger partial charge on any atom is -0.465 e. The molecule has 2 unspecified atom stereocenters. The molecule has 1 fully saturated rings. The molecule has 0 radical (unpaired) electrons. The first-order valence-electron chi connectivity index (χ1n) is 7.31. The van der Waals surface area contributed by atoms with Crippen LogP contribution >= 0.6 is 15.9 Å². The Balaban J connectivity index is 2.04. The maximum atomic E-state index is 11.4. The summed E-state index contributed by atoms with van der Waals surface area (Å²) in [6.45, 7) is 0.473. The lowest BCUT2D eigenvalue weighted by Gasteiger charge is -2.36. The van der Waals surface area contributed by atoms with Crippen molar-refractivity contribution in [2.24, 2.45) is 0 Å². The number of hydrogen-bond donors (Lipinski definition) is 2. The monoisotopic (exact) mass is 364 g/mol. The van der Waals surface area contributed by atoms with Crippen LogP contribution in [0.15, 0.2) is 34.9 Å². The van der Waals surface area contributed by atoms with Gasteiger partial charge in [-0.1, -0.05) is 18.2 Å². The van der Waals surface area contributed by atoms with E-state index >= 15 is 0 Å². The van der Waals surface area contributed by atoms with Crippen LogP contribution in [0.4, 0.5) is 4.79 Å². The van der Waals surface area contributed by atoms with Gasteiger partial charge in [0.05, 0.1) is 11.6 Å². The first-order valence-corrected chi connectivity index (χ1v) is 8.10. The van der Waals surface area contributed by atoms with Crippen LogP contribution in [0, 0.1) is 0 Å². The van der Waals surface area contributed by atoms with E-state index in [2.05, 4.69) is 20.9 Å². The van der Waals surface area contributed by atoms with E-state index in [4.69, 9.17) is 0 Å². The highest BCUT2D eigenvalue weighted by molar-refractivity contribution is 9.10. The van der Waals surface area contributed by atoms with Crippen LogP contribution in [-0.4, -0.2) is 38.8 Å². The average molecular weight is 365 g/mol. The number of hydrogen-bond acceptors (Lipinski definition) is 3. The van der Waals surface area contributed by atoms with E-state index in [1.54, 1.807) is 6.07 Å². The fourth-order valence-corrected chi connectivity index (χ4v) is 3.58. The quantitative estimate of drug-likeness (QED) is 0.798. The van der Waals surface area contributed by atoms with Crippen LogP contribution in [-0.2, 0) is 0 Å². The summed E-state index contributed by atoms with van der Waals surface area (Å²) in [5.41, 5.74) is 1.50. The molecule has 1 amide bonds. The van der Waals surface area contributed by atoms with Gasteiger partial charge in [0.1, 0.15) is 10.7 Å². The number of halogens is 1. The Morgan fingerprint density at radius 1 is 1.36 bits per heavy atom. The number of amides is 1. The molecule has 3 rings (SSSR count). The van der Waals surface area contributed by atoms with Gasteiger partial charge in [-0.25, -0.2) is 9.78 Å². The molecule has 1 aromatic carbocycles. The highest BCUT2D eigenvalue weighted by Gasteiger charge is 2.33. The summed E-state index contributed by atoms with van der Waals surface area (Å²) >= 11 is 3.37. The zero-order valence-corrected chi connectivity index (χ0v) is 13.5. The summed E-state index contributed by atoms with van der Waals surface area (Å²) in [5, 5.41) is 21.1. The van der Waals surface area contributed by atoms with Crippen LogP contribution in [0.1, 0.15) is 30.9 Å². The van der Waals surface area contributed by atoms with Gasteiger partial charge in [0, 0.05) is 11.9 Å². The average Bonchev–Trinajstić information content (AvgIpc) is 2.53. The molecule has 0 saturated carbocycles. The molecule has 1 aliphatic heterocycles. The lowest BCUT2D eigenvalue weighted by atomic mass is 9.91. The van der Waals surface area contributed by atoms with E-state index in [1.807, 2.05) is 24.3 Å². The molecule has 2 N–H and O–H groups in total. The minimum atomic E-state index is -0.971. The summed E-state index contributed by atoms with van der Waals surface area (Å²) < 4.78 is 0.637. The van der Waals surface area contributed by atoms with Crippen molar-refractivity contribution in [3.63, 3.8) is 0 Å². The summed E-state index contributed by atoms with van der Waals surface area (Å²) in [6.07, 6.45) is 0.607. The van der Waals surface area contributed by atoms with E-state index in [1.165, 1.54) is 4.90 Å². The minimum absolute atomic E-state index is 0.413. The molecule has 2 heterocycles. The fourth-order valence-electron chi connectivity index (χ4n) is 3.14. The number of piperidine rings is 1. The number of fused-ring (bicyclic) bond motifs is 1. The third-order valence-electron chi connectivity index (χ3n) is 4.19. The number of aliphatic hydroxyl groups is 1. The molecule has 0 aliphatic carbocycles. The van der Waals surface area contributed by atoms with Gasteiger partial charge < -0.3 is 15.1 Å². The largest absolute Gasteiger partial charge is 0.465 e. The third kappa shape index (κ3) is 2.80. The second-order valence-electron chi connectivity index (χ2n) is 5.54. The number of aromatic nitrogens is 1. The maximum Gasteiger partial charge on any atom is 0.407 e. The number of benzene rings is 1. The Hall–Kier alpha value is -1.66. The van der Waals surface area contributed by atoms with Gasteiger partial charge in [-0.05, 0) is 52.9 Å². The number of carboxylic acid groups (broad SMARTS) is 1. The van der Waals surface area contributed by atoms with E-state index in [-0.39, 0.29) is 0 Å². The van der Waals surface area contributed by atoms with Crippen molar-refractivity contribution in [3.8, 4) is 0 Å². The third-order valence-corrected chi connectivity index (χ3v) is 4.60. The maximum absolute atomic E-state index is 11.4. The Morgan fingerprint density at radius 3 is 2.91 bits per heavy atom. The molecular weight excluding hydrogens is 348 g/mol. The van der Waals surface area contributed by atoms with Crippen LogP contribution in [0.5, 0.6) is 0 Å². The lowest BCUT2D eigenvalue weighted by molar-refractivity contribution is 0.0292. The number of nitrogens with zero attached hydrogens (tertiary/aromatic N) is 2. The van der Waals surface area contributed by atoms with Crippen molar-refractivity contribution >= 4 is 32.9 Å². The molecule has 22 heavy (non-hydrogen) atoms. The summed E-state index contributed by atoms with van der Waals surface area (Å²) in [7, 11) is 0. The molecule has 1 aliphatic rings. The van der Waals surface area contributed by atoms with E-state index in [0.717, 1.165) is 29.3 Å². The number of carbonyl (C=O) groups is 1. The Labute approximate surface area is 136 Å². The van der Waals surface area contributed by atoms with E-state index in [0.29, 0.717) is 17.6 Å². The van der Waals surface area contributed by atoms with Gasteiger partial charge in [-0.15, -0.1) is 0 Å². The summed E-state index contributed by atoms with van der Waals surface area (Å²) in [4.78, 5) is 17.2. The number of para-hydroxylation sites is 1. The summed E-state index contributed by atoms with van der Waals surface area (Å²) in [5.74, 6) is 0. The zero-order valence-electron chi connectivity index (χ0n) is 11.9. The van der Waals surface area contributed by atoms with E-state index < -0.39 is 18.2 Å². The van der Waals surface area contributed by atoms with Crippen LogP contribution in [0.25, 0.3) is 10.9 Å². The van der Waals surface area contributed by atoms with E-state index in [9.17, 15) is 15.0 Å². The molecule has 6 heteroatoms. The van der Waals surface area contributed by atoms with Gasteiger partial charge >= 0.3 is 6.09 Å². The van der Waals surface area contributed by atoms with Crippen LogP contribution in [0.2, 0.25) is 0 Å².